The summed E-state index contributed by atoms with van der Waals surface area (Å²) in [5.41, 5.74) is 1.71. The van der Waals surface area contributed by atoms with E-state index in [9.17, 15) is 0 Å². The molecular formula is C17H15NO2S. The smallest absolute Gasteiger partial charge is 0.197 e. The molecule has 2 aromatic carbocycles. The largest absolute Gasteiger partial charge is 0.451 e. The van der Waals surface area contributed by atoms with Crippen molar-refractivity contribution >= 4 is 11.8 Å². The van der Waals surface area contributed by atoms with Crippen molar-refractivity contribution in [1.82, 2.24) is 5.16 Å². The van der Waals surface area contributed by atoms with Crippen LogP contribution >= 0.6 is 11.8 Å². The number of aromatic nitrogens is 1. The first-order chi connectivity index (χ1) is 10.3. The van der Waals surface area contributed by atoms with Gasteiger partial charge in [0.2, 0.25) is 0 Å². The van der Waals surface area contributed by atoms with Crippen LogP contribution in [0.5, 0.6) is 11.5 Å². The standard InChI is InChI=1S/C17H15NO2S/c1-12-17(19-14-6-4-3-5-7-14)16(18-20-12)13-8-10-15(21-2)11-9-13/h3-11H,1-2H3. The first-order valence-electron chi connectivity index (χ1n) is 6.61. The third kappa shape index (κ3) is 2.95. The molecule has 0 aliphatic rings. The Morgan fingerprint density at radius 3 is 2.38 bits per heavy atom. The van der Waals surface area contributed by atoms with Gasteiger partial charge in [0.15, 0.2) is 17.2 Å². The van der Waals surface area contributed by atoms with Gasteiger partial charge in [-0.2, -0.15) is 0 Å². The van der Waals surface area contributed by atoms with E-state index in [-0.39, 0.29) is 0 Å². The molecule has 0 fully saturated rings. The maximum absolute atomic E-state index is 5.93. The van der Waals surface area contributed by atoms with Gasteiger partial charge in [-0.25, -0.2) is 0 Å². The summed E-state index contributed by atoms with van der Waals surface area (Å²) >= 11 is 1.71. The van der Waals surface area contributed by atoms with Crippen LogP contribution < -0.4 is 4.74 Å². The van der Waals surface area contributed by atoms with E-state index in [1.54, 1.807) is 11.8 Å². The fraction of sp³-hybridized carbons (Fsp3) is 0.118. The molecule has 1 aromatic heterocycles. The number of nitrogens with zero attached hydrogens (tertiary/aromatic N) is 1. The summed E-state index contributed by atoms with van der Waals surface area (Å²) in [7, 11) is 0. The summed E-state index contributed by atoms with van der Waals surface area (Å²) in [5, 5.41) is 4.13. The Hall–Kier alpha value is -2.20. The minimum atomic E-state index is 0.665. The van der Waals surface area contributed by atoms with Crippen molar-refractivity contribution in [3.63, 3.8) is 0 Å². The van der Waals surface area contributed by atoms with Gasteiger partial charge in [0, 0.05) is 17.4 Å². The quantitative estimate of drug-likeness (QED) is 0.623. The molecule has 0 aliphatic carbocycles. The average molecular weight is 297 g/mol. The van der Waals surface area contributed by atoms with E-state index in [0.29, 0.717) is 11.5 Å². The zero-order valence-corrected chi connectivity index (χ0v) is 12.7. The van der Waals surface area contributed by atoms with Crippen molar-refractivity contribution in [2.24, 2.45) is 0 Å². The molecule has 0 bridgehead atoms. The summed E-state index contributed by atoms with van der Waals surface area (Å²) in [5.74, 6) is 2.10. The van der Waals surface area contributed by atoms with Crippen LogP contribution in [0.25, 0.3) is 11.3 Å². The molecule has 0 radical (unpaired) electrons. The highest BCUT2D eigenvalue weighted by atomic mass is 32.2. The lowest BCUT2D eigenvalue weighted by molar-refractivity contribution is 0.387. The van der Waals surface area contributed by atoms with Gasteiger partial charge >= 0.3 is 0 Å². The average Bonchev–Trinajstić information content (AvgIpc) is 2.90. The first kappa shape index (κ1) is 13.8. The van der Waals surface area contributed by atoms with Crippen LogP contribution in [0.3, 0.4) is 0 Å². The Kier molecular flexibility index (Phi) is 3.97. The van der Waals surface area contributed by atoms with E-state index in [4.69, 9.17) is 9.26 Å². The second kappa shape index (κ2) is 6.06. The van der Waals surface area contributed by atoms with Gasteiger partial charge in [0.1, 0.15) is 5.75 Å². The van der Waals surface area contributed by atoms with Crippen molar-refractivity contribution < 1.29 is 9.26 Å². The molecule has 0 unspecified atom stereocenters. The van der Waals surface area contributed by atoms with Gasteiger partial charge in [0.25, 0.3) is 0 Å². The number of aryl methyl sites for hydroxylation is 1. The highest BCUT2D eigenvalue weighted by Crippen LogP contribution is 2.36. The van der Waals surface area contributed by atoms with Crippen LogP contribution in [0.1, 0.15) is 5.76 Å². The van der Waals surface area contributed by atoms with Crippen LogP contribution in [0.2, 0.25) is 0 Å². The molecule has 0 N–H and O–H groups in total. The van der Waals surface area contributed by atoms with E-state index >= 15 is 0 Å². The monoisotopic (exact) mass is 297 g/mol. The SMILES string of the molecule is CSc1ccc(-c2noc(C)c2Oc2ccccc2)cc1. The molecule has 0 amide bonds. The summed E-state index contributed by atoms with van der Waals surface area (Å²) in [4.78, 5) is 1.21. The Balaban J connectivity index is 1.96. The summed E-state index contributed by atoms with van der Waals surface area (Å²) in [6.45, 7) is 1.85. The minimum Gasteiger partial charge on any atom is -0.451 e. The second-order valence-corrected chi connectivity index (χ2v) is 5.44. The minimum absolute atomic E-state index is 0.665. The molecule has 0 saturated heterocycles. The molecule has 106 valence electrons. The van der Waals surface area contributed by atoms with Crippen molar-refractivity contribution in [2.75, 3.05) is 6.26 Å². The maximum Gasteiger partial charge on any atom is 0.197 e. The van der Waals surface area contributed by atoms with Crippen molar-refractivity contribution in [3.05, 3.63) is 60.4 Å². The lowest BCUT2D eigenvalue weighted by Crippen LogP contribution is -1.87. The van der Waals surface area contributed by atoms with Gasteiger partial charge < -0.3 is 9.26 Å². The van der Waals surface area contributed by atoms with Gasteiger partial charge in [0.05, 0.1) is 0 Å². The zero-order valence-electron chi connectivity index (χ0n) is 11.9. The maximum atomic E-state index is 5.93. The molecule has 3 rings (SSSR count). The van der Waals surface area contributed by atoms with Crippen LogP contribution in [0, 0.1) is 6.92 Å². The summed E-state index contributed by atoms with van der Waals surface area (Å²) in [6, 6.07) is 17.8. The molecule has 0 spiro atoms. The molecule has 21 heavy (non-hydrogen) atoms. The number of para-hydroxylation sites is 1. The molecule has 3 aromatic rings. The van der Waals surface area contributed by atoms with Gasteiger partial charge in [-0.15, -0.1) is 11.8 Å². The normalized spacial score (nSPS) is 10.6. The molecule has 0 atom stereocenters. The molecule has 0 saturated carbocycles. The summed E-state index contributed by atoms with van der Waals surface area (Å²) in [6.07, 6.45) is 2.05. The fourth-order valence-electron chi connectivity index (χ4n) is 2.02. The number of hydrogen-bond donors (Lipinski definition) is 0. The highest BCUT2D eigenvalue weighted by molar-refractivity contribution is 7.98. The number of hydrogen-bond acceptors (Lipinski definition) is 4. The molecular weight excluding hydrogens is 282 g/mol. The van der Waals surface area contributed by atoms with Gasteiger partial charge in [-0.3, -0.25) is 0 Å². The number of thioether (sulfide) groups is 1. The first-order valence-corrected chi connectivity index (χ1v) is 7.84. The van der Waals surface area contributed by atoms with Crippen LogP contribution in [-0.4, -0.2) is 11.4 Å². The number of ether oxygens (including phenoxy) is 1. The van der Waals surface area contributed by atoms with Crippen LogP contribution in [-0.2, 0) is 0 Å². The van der Waals surface area contributed by atoms with Crippen molar-refractivity contribution in [2.45, 2.75) is 11.8 Å². The second-order valence-electron chi connectivity index (χ2n) is 4.56. The van der Waals surface area contributed by atoms with E-state index in [1.807, 2.05) is 49.4 Å². The van der Waals surface area contributed by atoms with Gasteiger partial charge in [-0.1, -0.05) is 35.5 Å². The molecule has 3 nitrogen and oxygen atoms in total. The van der Waals surface area contributed by atoms with Crippen LogP contribution in [0.15, 0.2) is 64.0 Å². The van der Waals surface area contributed by atoms with E-state index in [0.717, 1.165) is 17.0 Å². The van der Waals surface area contributed by atoms with Crippen molar-refractivity contribution in [1.29, 1.82) is 0 Å². The Bertz CT molecular complexity index is 720. The molecule has 4 heteroatoms. The topological polar surface area (TPSA) is 35.3 Å². The lowest BCUT2D eigenvalue weighted by atomic mass is 10.1. The fourth-order valence-corrected chi connectivity index (χ4v) is 2.43. The lowest BCUT2D eigenvalue weighted by Gasteiger charge is -2.06. The zero-order chi connectivity index (χ0) is 14.7. The summed E-state index contributed by atoms with van der Waals surface area (Å²) < 4.78 is 11.2. The van der Waals surface area contributed by atoms with E-state index in [2.05, 4.69) is 23.5 Å². The molecule has 0 aliphatic heterocycles. The molecule has 1 heterocycles. The van der Waals surface area contributed by atoms with E-state index in [1.165, 1.54) is 4.90 Å². The number of benzene rings is 2. The Morgan fingerprint density at radius 2 is 1.71 bits per heavy atom. The Morgan fingerprint density at radius 1 is 1.00 bits per heavy atom. The van der Waals surface area contributed by atoms with Crippen molar-refractivity contribution in [3.8, 4) is 22.8 Å². The van der Waals surface area contributed by atoms with E-state index < -0.39 is 0 Å². The third-order valence-corrected chi connectivity index (χ3v) is 3.88. The predicted octanol–water partition coefficient (Wildman–Crippen LogP) is 5.16. The Labute approximate surface area is 127 Å². The van der Waals surface area contributed by atoms with Crippen LogP contribution in [0.4, 0.5) is 0 Å². The van der Waals surface area contributed by atoms with Gasteiger partial charge in [-0.05, 0) is 30.5 Å². The predicted molar refractivity (Wildman–Crippen MR) is 85.0 cm³/mol. The third-order valence-electron chi connectivity index (χ3n) is 3.14. The highest BCUT2D eigenvalue weighted by Gasteiger charge is 2.17. The number of rotatable bonds is 4.